The summed E-state index contributed by atoms with van der Waals surface area (Å²) in [5.74, 6) is 0.103. The average molecular weight is 290 g/mol. The van der Waals surface area contributed by atoms with E-state index in [1.165, 1.54) is 0 Å². The number of H-pyrrole nitrogens is 1. The van der Waals surface area contributed by atoms with Crippen LogP contribution in [0.3, 0.4) is 0 Å². The van der Waals surface area contributed by atoms with Gasteiger partial charge in [0.25, 0.3) is 0 Å². The number of aromatic amines is 1. The van der Waals surface area contributed by atoms with Crippen LogP contribution < -0.4 is 10.6 Å². The summed E-state index contributed by atoms with van der Waals surface area (Å²) >= 11 is 0. The lowest BCUT2D eigenvalue weighted by molar-refractivity contribution is -0.269. The number of nitrogens with one attached hydrogen (secondary N) is 3. The third kappa shape index (κ3) is 1.98. The van der Waals surface area contributed by atoms with Gasteiger partial charge in [-0.15, -0.1) is 0 Å². The Morgan fingerprint density at radius 2 is 1.90 bits per heavy atom. The lowest BCUT2D eigenvalue weighted by Crippen LogP contribution is -2.47. The van der Waals surface area contributed by atoms with E-state index in [1.54, 1.807) is 0 Å². The van der Waals surface area contributed by atoms with Gasteiger partial charge in [0.1, 0.15) is 0 Å². The molecule has 2 aliphatic heterocycles. The molecule has 20 heavy (non-hydrogen) atoms. The number of nitrogens with zero attached hydrogens (tertiary/aromatic N) is 1. The second-order valence-corrected chi connectivity index (χ2v) is 5.42. The number of piperidine rings is 1. The van der Waals surface area contributed by atoms with Gasteiger partial charge < -0.3 is 15.7 Å². The molecule has 1 saturated heterocycles. The standard InChI is InChI=1S/C12H17F3N4O/c13-12(14,15)11(20)3-6-17-10-8(11)9(18-19-10)7-1-4-16-5-2-7/h7,16,20H,1-6H2,(H2,17,18,19). The van der Waals surface area contributed by atoms with E-state index in [0.29, 0.717) is 5.69 Å². The Bertz CT molecular complexity index is 495. The van der Waals surface area contributed by atoms with Gasteiger partial charge >= 0.3 is 6.18 Å². The first kappa shape index (κ1) is 13.7. The van der Waals surface area contributed by atoms with Gasteiger partial charge in [-0.1, -0.05) is 0 Å². The van der Waals surface area contributed by atoms with Gasteiger partial charge in [-0.05, 0) is 25.9 Å². The smallest absolute Gasteiger partial charge is 0.376 e. The van der Waals surface area contributed by atoms with Crippen LogP contribution in [0.1, 0.15) is 36.4 Å². The zero-order valence-corrected chi connectivity index (χ0v) is 10.8. The van der Waals surface area contributed by atoms with E-state index in [9.17, 15) is 18.3 Å². The molecule has 3 rings (SSSR count). The fourth-order valence-electron chi connectivity index (χ4n) is 3.08. The first-order valence-electron chi connectivity index (χ1n) is 6.76. The van der Waals surface area contributed by atoms with Crippen LogP contribution in [-0.2, 0) is 5.60 Å². The summed E-state index contributed by atoms with van der Waals surface area (Å²) in [6.07, 6.45) is -3.61. The maximum absolute atomic E-state index is 13.3. The van der Waals surface area contributed by atoms with Crippen molar-refractivity contribution in [3.8, 4) is 0 Å². The van der Waals surface area contributed by atoms with Gasteiger partial charge in [0, 0.05) is 24.6 Å². The highest BCUT2D eigenvalue weighted by atomic mass is 19.4. The summed E-state index contributed by atoms with van der Waals surface area (Å²) in [6, 6.07) is 0. The van der Waals surface area contributed by atoms with E-state index in [2.05, 4.69) is 20.8 Å². The Hall–Kier alpha value is -1.28. The SMILES string of the molecule is OC1(C(F)(F)F)CCNc2n[nH]c(C3CCNCC3)c21. The highest BCUT2D eigenvalue weighted by molar-refractivity contribution is 5.54. The molecule has 8 heteroatoms. The molecule has 4 N–H and O–H groups in total. The van der Waals surface area contributed by atoms with Gasteiger partial charge in [-0.25, -0.2) is 0 Å². The Morgan fingerprint density at radius 1 is 1.20 bits per heavy atom. The van der Waals surface area contributed by atoms with Gasteiger partial charge in [-0.3, -0.25) is 5.10 Å². The number of fused-ring (bicyclic) bond motifs is 1. The topological polar surface area (TPSA) is 73.0 Å². The number of halogens is 3. The molecule has 2 aliphatic rings. The summed E-state index contributed by atoms with van der Waals surface area (Å²) in [5, 5.41) is 22.9. The van der Waals surface area contributed by atoms with Crippen molar-refractivity contribution in [1.29, 1.82) is 0 Å². The van der Waals surface area contributed by atoms with Crippen molar-refractivity contribution < 1.29 is 18.3 Å². The monoisotopic (exact) mass is 290 g/mol. The molecule has 0 amide bonds. The van der Waals surface area contributed by atoms with Crippen molar-refractivity contribution in [3.63, 3.8) is 0 Å². The van der Waals surface area contributed by atoms with Gasteiger partial charge in [-0.2, -0.15) is 18.3 Å². The Morgan fingerprint density at radius 3 is 2.55 bits per heavy atom. The Balaban J connectivity index is 2.05. The second-order valence-electron chi connectivity index (χ2n) is 5.42. The number of rotatable bonds is 1. The molecule has 0 radical (unpaired) electrons. The molecule has 0 aromatic carbocycles. The lowest BCUT2D eigenvalue weighted by Gasteiger charge is -2.36. The van der Waals surface area contributed by atoms with Crippen molar-refractivity contribution in [2.75, 3.05) is 25.0 Å². The maximum Gasteiger partial charge on any atom is 0.421 e. The number of aliphatic hydroxyl groups is 1. The molecule has 1 aromatic heterocycles. The van der Waals surface area contributed by atoms with Crippen molar-refractivity contribution in [2.24, 2.45) is 0 Å². The van der Waals surface area contributed by atoms with Gasteiger partial charge in [0.15, 0.2) is 11.4 Å². The quantitative estimate of drug-likeness (QED) is 0.631. The third-order valence-electron chi connectivity index (χ3n) is 4.20. The van der Waals surface area contributed by atoms with Crippen LogP contribution in [0.15, 0.2) is 0 Å². The minimum atomic E-state index is -4.70. The van der Waals surface area contributed by atoms with Crippen LogP contribution >= 0.6 is 0 Å². The number of aromatic nitrogens is 2. The fraction of sp³-hybridized carbons (Fsp3) is 0.750. The Labute approximate surface area is 113 Å². The first-order valence-corrected chi connectivity index (χ1v) is 6.76. The molecule has 112 valence electrons. The van der Waals surface area contributed by atoms with Crippen molar-refractivity contribution in [2.45, 2.75) is 37.0 Å². The van der Waals surface area contributed by atoms with E-state index in [-0.39, 0.29) is 30.3 Å². The average Bonchev–Trinajstić information content (AvgIpc) is 2.84. The molecule has 3 heterocycles. The van der Waals surface area contributed by atoms with Crippen LogP contribution in [0.5, 0.6) is 0 Å². The van der Waals surface area contributed by atoms with E-state index >= 15 is 0 Å². The van der Waals surface area contributed by atoms with Crippen molar-refractivity contribution in [1.82, 2.24) is 15.5 Å². The zero-order valence-electron chi connectivity index (χ0n) is 10.8. The highest BCUT2D eigenvalue weighted by Gasteiger charge is 2.59. The zero-order chi connectivity index (χ0) is 14.4. The van der Waals surface area contributed by atoms with Crippen LogP contribution in [0.25, 0.3) is 0 Å². The molecule has 1 aromatic rings. The maximum atomic E-state index is 13.3. The molecule has 5 nitrogen and oxygen atoms in total. The number of alkyl halides is 3. The van der Waals surface area contributed by atoms with E-state index in [1.807, 2.05) is 0 Å². The van der Waals surface area contributed by atoms with Crippen LogP contribution in [0, 0.1) is 0 Å². The highest BCUT2D eigenvalue weighted by Crippen LogP contribution is 2.49. The minimum Gasteiger partial charge on any atom is -0.376 e. The van der Waals surface area contributed by atoms with Crippen LogP contribution in [0.2, 0.25) is 0 Å². The molecule has 1 atom stereocenters. The summed E-state index contributed by atoms with van der Waals surface area (Å²) in [6.45, 7) is 1.58. The molecule has 1 unspecified atom stereocenters. The summed E-state index contributed by atoms with van der Waals surface area (Å²) in [5.41, 5.74) is -2.49. The second kappa shape index (κ2) is 4.63. The van der Waals surface area contributed by atoms with Crippen molar-refractivity contribution >= 4 is 5.82 Å². The number of anilines is 1. The third-order valence-corrected chi connectivity index (χ3v) is 4.20. The normalized spacial score (nSPS) is 28.0. The van der Waals surface area contributed by atoms with E-state index in [0.717, 1.165) is 25.9 Å². The predicted octanol–water partition coefficient (Wildman–Crippen LogP) is 1.44. The van der Waals surface area contributed by atoms with E-state index < -0.39 is 11.8 Å². The fourth-order valence-corrected chi connectivity index (χ4v) is 3.08. The van der Waals surface area contributed by atoms with Crippen LogP contribution in [-0.4, -0.2) is 41.1 Å². The molecule has 1 fully saturated rings. The molecular formula is C12H17F3N4O. The minimum absolute atomic E-state index is 0.0266. The van der Waals surface area contributed by atoms with Gasteiger partial charge in [0.05, 0.1) is 5.56 Å². The van der Waals surface area contributed by atoms with Crippen LogP contribution in [0.4, 0.5) is 19.0 Å². The number of hydrogen-bond donors (Lipinski definition) is 4. The summed E-state index contributed by atoms with van der Waals surface area (Å²) in [7, 11) is 0. The largest absolute Gasteiger partial charge is 0.421 e. The number of hydrogen-bond acceptors (Lipinski definition) is 4. The van der Waals surface area contributed by atoms with Crippen molar-refractivity contribution in [3.05, 3.63) is 11.3 Å². The molecule has 0 bridgehead atoms. The van der Waals surface area contributed by atoms with Gasteiger partial charge in [0.2, 0.25) is 0 Å². The molecule has 0 aliphatic carbocycles. The predicted molar refractivity (Wildman–Crippen MR) is 66.5 cm³/mol. The Kier molecular flexibility index (Phi) is 3.17. The van der Waals surface area contributed by atoms with E-state index in [4.69, 9.17) is 0 Å². The molecular weight excluding hydrogens is 273 g/mol. The lowest BCUT2D eigenvalue weighted by atomic mass is 9.81. The molecule has 0 spiro atoms. The summed E-state index contributed by atoms with van der Waals surface area (Å²) in [4.78, 5) is 0. The summed E-state index contributed by atoms with van der Waals surface area (Å²) < 4.78 is 39.9. The first-order chi connectivity index (χ1) is 9.43. The molecule has 0 saturated carbocycles.